The number of hydrogen-bond donors (Lipinski definition) is 3. The van der Waals surface area contributed by atoms with Crippen LogP contribution < -0.4 is 5.73 Å². The maximum Gasteiger partial charge on any atom is 0.414 e. The van der Waals surface area contributed by atoms with Gasteiger partial charge in [-0.25, -0.2) is 9.59 Å². The van der Waals surface area contributed by atoms with Gasteiger partial charge in [0.05, 0.1) is 0 Å². The van der Waals surface area contributed by atoms with Crippen LogP contribution in [0.25, 0.3) is 5.57 Å². The summed E-state index contributed by atoms with van der Waals surface area (Å²) in [5, 5.41) is 14.8. The zero-order valence-electron chi connectivity index (χ0n) is 12.9. The molecule has 0 bridgehead atoms. The molecular weight excluding hydrogens is 376 g/mol. The second-order valence-electron chi connectivity index (χ2n) is 4.80. The van der Waals surface area contributed by atoms with Gasteiger partial charge in [-0.15, -0.1) is 0 Å². The molecular formula is C17H17BrN2O4. The Labute approximate surface area is 147 Å². The lowest BCUT2D eigenvalue weighted by atomic mass is 9.97. The van der Waals surface area contributed by atoms with Crippen molar-refractivity contribution >= 4 is 33.4 Å². The van der Waals surface area contributed by atoms with Crippen LogP contribution in [0.3, 0.4) is 0 Å². The van der Waals surface area contributed by atoms with Gasteiger partial charge >= 0.3 is 11.9 Å². The van der Waals surface area contributed by atoms with Crippen molar-refractivity contribution in [2.75, 3.05) is 0 Å². The predicted octanol–water partition coefficient (Wildman–Crippen LogP) is 2.78. The first-order valence-electron chi connectivity index (χ1n) is 6.91. The van der Waals surface area contributed by atoms with Gasteiger partial charge in [0.15, 0.2) is 0 Å². The third-order valence-corrected chi connectivity index (χ3v) is 3.27. The van der Waals surface area contributed by atoms with Gasteiger partial charge in [0.2, 0.25) is 0 Å². The predicted molar refractivity (Wildman–Crippen MR) is 94.4 cm³/mol. The van der Waals surface area contributed by atoms with Crippen molar-refractivity contribution in [3.63, 3.8) is 0 Å². The van der Waals surface area contributed by atoms with Crippen molar-refractivity contribution in [3.05, 3.63) is 70.5 Å². The number of halogens is 1. The number of benzene rings is 1. The largest absolute Gasteiger partial charge is 0.473 e. The zero-order chi connectivity index (χ0) is 18.1. The summed E-state index contributed by atoms with van der Waals surface area (Å²) in [6, 6.07) is 12.2. The molecule has 0 radical (unpaired) electrons. The van der Waals surface area contributed by atoms with E-state index in [2.05, 4.69) is 39.1 Å². The second-order valence-corrected chi connectivity index (χ2v) is 5.71. The van der Waals surface area contributed by atoms with E-state index in [4.69, 9.17) is 25.5 Å². The minimum absolute atomic E-state index is 0.00357. The highest BCUT2D eigenvalue weighted by Gasteiger charge is 2.06. The topological polar surface area (TPSA) is 114 Å². The molecule has 1 unspecified atom stereocenters. The number of aliphatic carboxylic acids is 2. The van der Waals surface area contributed by atoms with E-state index in [1.165, 1.54) is 0 Å². The van der Waals surface area contributed by atoms with Gasteiger partial charge in [0, 0.05) is 28.5 Å². The molecule has 0 aliphatic rings. The molecule has 0 saturated carbocycles. The molecule has 2 aromatic rings. The molecule has 0 fully saturated rings. The van der Waals surface area contributed by atoms with E-state index in [9.17, 15) is 0 Å². The monoisotopic (exact) mass is 392 g/mol. The minimum Gasteiger partial charge on any atom is -0.473 e. The van der Waals surface area contributed by atoms with Crippen LogP contribution in [0.2, 0.25) is 0 Å². The summed E-state index contributed by atoms with van der Waals surface area (Å²) in [6.07, 6.45) is 5.69. The lowest BCUT2D eigenvalue weighted by molar-refractivity contribution is -0.159. The van der Waals surface area contributed by atoms with Crippen LogP contribution in [-0.2, 0) is 9.59 Å². The van der Waals surface area contributed by atoms with Crippen LogP contribution in [0.4, 0.5) is 0 Å². The Hall–Kier alpha value is -2.51. The van der Waals surface area contributed by atoms with Crippen LogP contribution in [-0.4, -0.2) is 33.2 Å². The van der Waals surface area contributed by atoms with Gasteiger partial charge in [-0.3, -0.25) is 4.98 Å². The van der Waals surface area contributed by atoms with Crippen LogP contribution >= 0.6 is 15.9 Å². The standard InChI is InChI=1S/C15H15BrN2.C2H2O4/c1-11(17)9-15(13-3-2-8-18-10-13)12-4-6-14(16)7-5-12;3-1(4)2(5)6/h2-11H,17H2,1H3;(H,3,4)(H,5,6)/b15-9-;. The Morgan fingerprint density at radius 3 is 2.12 bits per heavy atom. The normalized spacial score (nSPS) is 11.9. The van der Waals surface area contributed by atoms with Gasteiger partial charge in [-0.05, 0) is 36.3 Å². The molecule has 126 valence electrons. The smallest absolute Gasteiger partial charge is 0.414 e. The third kappa shape index (κ3) is 6.72. The lowest BCUT2D eigenvalue weighted by Gasteiger charge is -2.10. The fourth-order valence-electron chi connectivity index (χ4n) is 1.77. The highest BCUT2D eigenvalue weighted by Crippen LogP contribution is 2.24. The van der Waals surface area contributed by atoms with Gasteiger partial charge in [-0.1, -0.05) is 40.2 Å². The molecule has 0 saturated heterocycles. The Balaban J connectivity index is 0.000000413. The number of pyridine rings is 1. The number of carbonyl (C=O) groups is 2. The maximum absolute atomic E-state index is 9.10. The average Bonchev–Trinajstić information content (AvgIpc) is 2.55. The summed E-state index contributed by atoms with van der Waals surface area (Å²) in [7, 11) is 0. The summed E-state index contributed by atoms with van der Waals surface area (Å²) in [5.74, 6) is -3.65. The van der Waals surface area contributed by atoms with E-state index in [-0.39, 0.29) is 6.04 Å². The lowest BCUT2D eigenvalue weighted by Crippen LogP contribution is -2.11. The molecule has 24 heavy (non-hydrogen) atoms. The summed E-state index contributed by atoms with van der Waals surface area (Å²) in [4.78, 5) is 22.4. The molecule has 1 aromatic heterocycles. The second kappa shape index (κ2) is 9.59. The Morgan fingerprint density at radius 2 is 1.71 bits per heavy atom. The summed E-state index contributed by atoms with van der Waals surface area (Å²) in [6.45, 7) is 1.97. The van der Waals surface area contributed by atoms with Crippen molar-refractivity contribution < 1.29 is 19.8 Å². The number of nitrogens with zero attached hydrogens (tertiary/aromatic N) is 1. The molecule has 7 heteroatoms. The van der Waals surface area contributed by atoms with Crippen molar-refractivity contribution in [2.45, 2.75) is 13.0 Å². The summed E-state index contributed by atoms with van der Waals surface area (Å²) >= 11 is 3.45. The van der Waals surface area contributed by atoms with Gasteiger partial charge in [0.1, 0.15) is 0 Å². The van der Waals surface area contributed by atoms with E-state index in [1.807, 2.05) is 37.4 Å². The highest BCUT2D eigenvalue weighted by atomic mass is 79.9. The van der Waals surface area contributed by atoms with Crippen molar-refractivity contribution in [2.24, 2.45) is 5.73 Å². The van der Waals surface area contributed by atoms with Crippen LogP contribution in [0.5, 0.6) is 0 Å². The quantitative estimate of drug-likeness (QED) is 0.691. The minimum atomic E-state index is -1.82. The first kappa shape index (κ1) is 19.5. The average molecular weight is 393 g/mol. The van der Waals surface area contributed by atoms with E-state index in [0.29, 0.717) is 0 Å². The Bertz CT molecular complexity index is 701. The van der Waals surface area contributed by atoms with Crippen molar-refractivity contribution in [1.82, 2.24) is 4.98 Å². The first-order chi connectivity index (χ1) is 11.3. The maximum atomic E-state index is 9.10. The van der Waals surface area contributed by atoms with Crippen molar-refractivity contribution in [1.29, 1.82) is 0 Å². The van der Waals surface area contributed by atoms with E-state index >= 15 is 0 Å². The number of hydrogen-bond acceptors (Lipinski definition) is 4. The molecule has 0 aliphatic heterocycles. The highest BCUT2D eigenvalue weighted by molar-refractivity contribution is 9.10. The van der Waals surface area contributed by atoms with Crippen molar-refractivity contribution in [3.8, 4) is 0 Å². The van der Waals surface area contributed by atoms with Crippen LogP contribution in [0.15, 0.2) is 59.3 Å². The van der Waals surface area contributed by atoms with E-state index < -0.39 is 11.9 Å². The van der Waals surface area contributed by atoms with Gasteiger partial charge in [-0.2, -0.15) is 0 Å². The van der Waals surface area contributed by atoms with Gasteiger partial charge < -0.3 is 15.9 Å². The van der Waals surface area contributed by atoms with Gasteiger partial charge in [0.25, 0.3) is 0 Å². The van der Waals surface area contributed by atoms with Crippen LogP contribution in [0, 0.1) is 0 Å². The molecule has 1 aromatic carbocycles. The molecule has 1 atom stereocenters. The number of carboxylic acids is 2. The van der Waals surface area contributed by atoms with E-state index in [0.717, 1.165) is 21.2 Å². The van der Waals surface area contributed by atoms with Crippen LogP contribution in [0.1, 0.15) is 18.1 Å². The number of carboxylic acid groups (broad SMARTS) is 2. The van der Waals surface area contributed by atoms with E-state index in [1.54, 1.807) is 6.20 Å². The first-order valence-corrected chi connectivity index (χ1v) is 7.70. The summed E-state index contributed by atoms with van der Waals surface area (Å²) < 4.78 is 1.07. The fourth-order valence-corrected chi connectivity index (χ4v) is 2.04. The third-order valence-electron chi connectivity index (χ3n) is 2.74. The molecule has 1 heterocycles. The molecule has 2 rings (SSSR count). The number of aromatic nitrogens is 1. The Kier molecular flexibility index (Phi) is 7.81. The SMILES string of the molecule is CC(N)/C=C(/c1ccc(Br)cc1)c1cccnc1.O=C(O)C(=O)O. The molecule has 0 aliphatic carbocycles. The fraction of sp³-hybridized carbons (Fsp3) is 0.118. The zero-order valence-corrected chi connectivity index (χ0v) is 14.5. The molecule has 6 nitrogen and oxygen atoms in total. The number of rotatable bonds is 3. The molecule has 0 amide bonds. The summed E-state index contributed by atoms with van der Waals surface area (Å²) in [5.41, 5.74) is 9.23. The molecule has 4 N–H and O–H groups in total. The number of nitrogens with two attached hydrogens (primary N) is 1. The molecule has 0 spiro atoms. The Morgan fingerprint density at radius 1 is 1.12 bits per heavy atom.